The van der Waals surface area contributed by atoms with Crippen LogP contribution in [0.4, 0.5) is 5.69 Å². The fraction of sp³-hybridized carbons (Fsp3) is 0.0476. The Morgan fingerprint density at radius 3 is 2.73 bits per heavy atom. The first kappa shape index (κ1) is 17.1. The molecule has 0 radical (unpaired) electrons. The highest BCUT2D eigenvalue weighted by Crippen LogP contribution is 2.15. The third-order valence-corrected chi connectivity index (χ3v) is 3.67. The van der Waals surface area contributed by atoms with Crippen LogP contribution in [-0.4, -0.2) is 21.7 Å². The van der Waals surface area contributed by atoms with Crippen LogP contribution in [0.2, 0.25) is 0 Å². The quantitative estimate of drug-likeness (QED) is 0.571. The van der Waals surface area contributed by atoms with E-state index in [2.05, 4.69) is 16.0 Å². The summed E-state index contributed by atoms with van der Waals surface area (Å²) in [7, 11) is 0. The minimum atomic E-state index is -0.245. The Labute approximate surface area is 151 Å². The molecular weight excluding hydrogens is 324 g/mol. The lowest BCUT2D eigenvalue weighted by molar-refractivity contribution is 0.827. The van der Waals surface area contributed by atoms with Crippen molar-refractivity contribution in [2.75, 3.05) is 0 Å². The van der Waals surface area contributed by atoms with Gasteiger partial charge in [-0.2, -0.15) is 5.10 Å². The second-order valence-corrected chi connectivity index (χ2v) is 5.47. The Morgan fingerprint density at radius 2 is 2.00 bits per heavy atom. The van der Waals surface area contributed by atoms with Gasteiger partial charge in [0.2, 0.25) is 5.43 Å². The fourth-order valence-corrected chi connectivity index (χ4v) is 2.45. The van der Waals surface area contributed by atoms with Gasteiger partial charge in [-0.25, -0.2) is 4.68 Å². The van der Waals surface area contributed by atoms with E-state index in [1.807, 2.05) is 30.3 Å². The number of nitrogens with one attached hydrogen (secondary N) is 1. The fourth-order valence-electron chi connectivity index (χ4n) is 2.45. The van der Waals surface area contributed by atoms with E-state index in [-0.39, 0.29) is 17.5 Å². The number of para-hydroxylation sites is 1. The Balaban J connectivity index is 2.11. The first-order valence-electron chi connectivity index (χ1n) is 8.00. The highest BCUT2D eigenvalue weighted by molar-refractivity contribution is 6.06. The van der Waals surface area contributed by atoms with E-state index in [0.717, 1.165) is 5.69 Å². The summed E-state index contributed by atoms with van der Waals surface area (Å²) < 4.78 is 1.62. The van der Waals surface area contributed by atoms with E-state index in [0.29, 0.717) is 17.0 Å². The van der Waals surface area contributed by atoms with Crippen LogP contribution in [0.3, 0.4) is 0 Å². The zero-order valence-corrected chi connectivity index (χ0v) is 14.0. The number of hydrogen-bond donors (Lipinski definition) is 1. The minimum Gasteiger partial charge on any atom is -0.313 e. The Hall–Kier alpha value is -3.78. The Kier molecular flexibility index (Phi) is 5.16. The maximum absolute atomic E-state index is 12.4. The second kappa shape index (κ2) is 7.86. The van der Waals surface area contributed by atoms with Crippen molar-refractivity contribution in [1.82, 2.24) is 9.78 Å². The van der Waals surface area contributed by atoms with Crippen LogP contribution < -0.4 is 5.43 Å². The summed E-state index contributed by atoms with van der Waals surface area (Å²) in [5, 5.41) is 11.9. The number of rotatable bonds is 5. The molecule has 0 amide bonds. The second-order valence-electron chi connectivity index (χ2n) is 5.47. The molecule has 3 aromatic rings. The van der Waals surface area contributed by atoms with Gasteiger partial charge in [-0.1, -0.05) is 30.2 Å². The summed E-state index contributed by atoms with van der Waals surface area (Å²) in [5.41, 5.74) is 2.54. The summed E-state index contributed by atoms with van der Waals surface area (Å²) in [6.07, 6.45) is 8.44. The topological polar surface area (TPSA) is 71.1 Å². The minimum absolute atomic E-state index is 0.196. The molecule has 5 heteroatoms. The summed E-state index contributed by atoms with van der Waals surface area (Å²) in [6, 6.07) is 18.1. The Bertz CT molecular complexity index is 1060. The number of nitrogens with zero attached hydrogens (tertiary/aromatic N) is 3. The average molecular weight is 340 g/mol. The van der Waals surface area contributed by atoms with Crippen LogP contribution in [0, 0.1) is 17.8 Å². The third kappa shape index (κ3) is 3.82. The van der Waals surface area contributed by atoms with Crippen LogP contribution in [0.25, 0.3) is 5.69 Å². The van der Waals surface area contributed by atoms with Crippen LogP contribution in [0.1, 0.15) is 17.7 Å². The molecule has 2 aromatic carbocycles. The molecule has 0 spiro atoms. The maximum atomic E-state index is 12.4. The monoisotopic (exact) mass is 340 g/mol. The number of aliphatic imine (C=N–C) groups is 1. The summed E-state index contributed by atoms with van der Waals surface area (Å²) >= 11 is 0. The average Bonchev–Trinajstić information content (AvgIpc) is 2.69. The molecule has 0 unspecified atom stereocenters. The molecule has 0 fully saturated rings. The molecule has 0 saturated heterocycles. The van der Waals surface area contributed by atoms with Crippen LogP contribution in [-0.2, 0) is 0 Å². The number of aromatic nitrogens is 2. The zero-order chi connectivity index (χ0) is 18.4. The van der Waals surface area contributed by atoms with Crippen LogP contribution in [0.5, 0.6) is 0 Å². The van der Waals surface area contributed by atoms with E-state index in [1.54, 1.807) is 35.1 Å². The van der Waals surface area contributed by atoms with Gasteiger partial charge in [-0.05, 0) is 30.3 Å². The van der Waals surface area contributed by atoms with Gasteiger partial charge >= 0.3 is 0 Å². The van der Waals surface area contributed by atoms with Crippen molar-refractivity contribution in [3.8, 4) is 18.0 Å². The largest absolute Gasteiger partial charge is 0.313 e. The molecule has 0 saturated carbocycles. The highest BCUT2D eigenvalue weighted by Gasteiger charge is 2.11. The number of terminal acetylenes is 1. The summed E-state index contributed by atoms with van der Waals surface area (Å²) in [5.74, 6) is 2.56. The van der Waals surface area contributed by atoms with E-state index in [1.165, 1.54) is 12.3 Å². The van der Waals surface area contributed by atoms with Gasteiger partial charge in [-0.15, -0.1) is 6.42 Å². The molecule has 0 aliphatic heterocycles. The molecular formula is C21H16N4O. The molecule has 0 bridgehead atoms. The van der Waals surface area contributed by atoms with Crippen molar-refractivity contribution in [3.05, 3.63) is 88.3 Å². The van der Waals surface area contributed by atoms with Crippen molar-refractivity contribution in [2.45, 2.75) is 6.42 Å². The van der Waals surface area contributed by atoms with Crippen LogP contribution >= 0.6 is 0 Å². The zero-order valence-electron chi connectivity index (χ0n) is 14.0. The molecule has 0 aliphatic carbocycles. The van der Waals surface area contributed by atoms with Gasteiger partial charge in [0, 0.05) is 30.5 Å². The third-order valence-electron chi connectivity index (χ3n) is 3.67. The number of benzene rings is 2. The molecule has 1 heterocycles. The molecule has 0 aliphatic rings. The van der Waals surface area contributed by atoms with Crippen molar-refractivity contribution in [1.29, 1.82) is 5.41 Å². The normalized spacial score (nSPS) is 11.0. The van der Waals surface area contributed by atoms with Gasteiger partial charge in [-0.3, -0.25) is 9.79 Å². The molecule has 3 rings (SSSR count). The molecule has 1 N–H and O–H groups in total. The molecule has 26 heavy (non-hydrogen) atoms. The Morgan fingerprint density at radius 1 is 1.19 bits per heavy atom. The lowest BCUT2D eigenvalue weighted by Crippen LogP contribution is -2.21. The lowest BCUT2D eigenvalue weighted by atomic mass is 10.1. The SMILES string of the molecule is C#Cc1cccc(N=C(CC=N)c2nn(-c3ccccc3)ccc2=O)c1. The van der Waals surface area contributed by atoms with Crippen molar-refractivity contribution < 1.29 is 0 Å². The maximum Gasteiger partial charge on any atom is 0.209 e. The van der Waals surface area contributed by atoms with Crippen LogP contribution in [0.15, 0.2) is 76.6 Å². The smallest absolute Gasteiger partial charge is 0.209 e. The van der Waals surface area contributed by atoms with Gasteiger partial charge in [0.15, 0.2) is 5.69 Å². The predicted octanol–water partition coefficient (Wildman–Crippen LogP) is 3.37. The summed E-state index contributed by atoms with van der Waals surface area (Å²) in [6.45, 7) is 0. The van der Waals surface area contributed by atoms with Gasteiger partial charge < -0.3 is 5.41 Å². The van der Waals surface area contributed by atoms with E-state index in [9.17, 15) is 4.79 Å². The highest BCUT2D eigenvalue weighted by atomic mass is 16.1. The van der Waals surface area contributed by atoms with E-state index in [4.69, 9.17) is 11.8 Å². The molecule has 126 valence electrons. The first-order valence-corrected chi connectivity index (χ1v) is 8.00. The molecule has 1 aromatic heterocycles. The lowest BCUT2D eigenvalue weighted by Gasteiger charge is -2.08. The van der Waals surface area contributed by atoms with Crippen molar-refractivity contribution in [3.63, 3.8) is 0 Å². The standard InChI is InChI=1S/C21H16N4O/c1-2-16-7-6-8-17(15-16)23-19(11-13-22)21-20(26)12-14-25(24-21)18-9-4-3-5-10-18/h1,3-10,12-15,22H,11H2. The van der Waals surface area contributed by atoms with Crippen molar-refractivity contribution in [2.24, 2.45) is 4.99 Å². The van der Waals surface area contributed by atoms with Gasteiger partial charge in [0.1, 0.15) is 0 Å². The van der Waals surface area contributed by atoms with Crippen molar-refractivity contribution >= 4 is 17.6 Å². The predicted molar refractivity (Wildman–Crippen MR) is 104 cm³/mol. The summed E-state index contributed by atoms with van der Waals surface area (Å²) in [4.78, 5) is 16.9. The molecule has 5 nitrogen and oxygen atoms in total. The molecule has 0 atom stereocenters. The first-order chi connectivity index (χ1) is 12.7. The van der Waals surface area contributed by atoms with E-state index < -0.39 is 0 Å². The van der Waals surface area contributed by atoms with E-state index >= 15 is 0 Å². The van der Waals surface area contributed by atoms with Gasteiger partial charge in [0.05, 0.1) is 17.1 Å². The number of hydrogen-bond acceptors (Lipinski definition) is 4. The van der Waals surface area contributed by atoms with Gasteiger partial charge in [0.25, 0.3) is 0 Å².